The summed E-state index contributed by atoms with van der Waals surface area (Å²) in [7, 11) is -4.69. The van der Waals surface area contributed by atoms with E-state index in [-0.39, 0.29) is 53.3 Å². The minimum atomic E-state index is -4.69. The van der Waals surface area contributed by atoms with Crippen LogP contribution in [-0.4, -0.2) is 97.8 Å². The van der Waals surface area contributed by atoms with Gasteiger partial charge < -0.3 is 34.3 Å². The highest BCUT2D eigenvalue weighted by Crippen LogP contribution is 2.55. The summed E-state index contributed by atoms with van der Waals surface area (Å²) in [5, 5.41) is 16.3. The average molecular weight is 987 g/mol. The molecule has 10 rings (SSSR count). The quantitative estimate of drug-likeness (QED) is 0.0793. The van der Waals surface area contributed by atoms with Gasteiger partial charge in [-0.2, -0.15) is 4.98 Å². The van der Waals surface area contributed by atoms with Gasteiger partial charge in [-0.1, -0.05) is 57.2 Å². The van der Waals surface area contributed by atoms with Gasteiger partial charge in [0.15, 0.2) is 11.4 Å². The molecule has 0 bridgehead atoms. The van der Waals surface area contributed by atoms with Gasteiger partial charge in [-0.05, 0) is 118 Å². The Kier molecular flexibility index (Phi) is 12.8. The molecule has 3 aromatic carbocycles. The number of piperidine rings is 1. The Labute approximate surface area is 416 Å². The average Bonchev–Trinajstić information content (AvgIpc) is 3.96. The van der Waals surface area contributed by atoms with Crippen LogP contribution in [0.2, 0.25) is 0 Å². The largest absolute Gasteiger partial charge is 0.489 e. The molecule has 3 N–H and O–H groups in total. The zero-order chi connectivity index (χ0) is 50.0. The van der Waals surface area contributed by atoms with Crippen molar-refractivity contribution in [2.75, 3.05) is 54.5 Å². The molecule has 4 aliphatic heterocycles. The van der Waals surface area contributed by atoms with Gasteiger partial charge in [-0.15, -0.1) is 0 Å². The number of pyridine rings is 1. The molecule has 2 aromatic heterocycles. The highest BCUT2D eigenvalue weighted by molar-refractivity contribution is 7.90. The Bertz CT molecular complexity index is 2990. The lowest BCUT2D eigenvalue weighted by molar-refractivity contribution is -0.384. The van der Waals surface area contributed by atoms with E-state index in [1.165, 1.54) is 42.9 Å². The third kappa shape index (κ3) is 9.55. The second-order valence-corrected chi connectivity index (χ2v) is 23.4. The van der Waals surface area contributed by atoms with E-state index in [1.807, 2.05) is 49.2 Å². The van der Waals surface area contributed by atoms with Crippen molar-refractivity contribution in [2.24, 2.45) is 10.8 Å². The number of nitrogens with one attached hydrogen (secondary N) is 3. The van der Waals surface area contributed by atoms with Crippen molar-refractivity contribution in [1.82, 2.24) is 19.6 Å². The standard InChI is InChI=1S/C54H66N8O8S/c1-33(2)40-11-8-9-12-41(40)43-13-10-21-60(43)38-29-54(30-38)18-23-59(24-19-54)37-14-15-42(44(26-37)61-22-17-48(53(5,6)7)70-52-46(61)25-35-16-20-55-50(35)57-52)51(63)58-71(66,67)39-27-45(62(64)65)49-47(28-39)69-32-36(56-49)31-68-34(3)4/h8-9,11-12,14-16,20,25-28,34,36,38,43,48,56H,1,10,13,17-19,21-24,29-32H2,2-7H3,(H,55,57)(H,58,63)/t36-,43-,48-/m0/s1. The van der Waals surface area contributed by atoms with Gasteiger partial charge in [0.1, 0.15) is 24.0 Å². The van der Waals surface area contributed by atoms with Gasteiger partial charge in [-0.3, -0.25) is 19.8 Å². The topological polar surface area (TPSA) is 184 Å². The first-order valence-corrected chi connectivity index (χ1v) is 26.6. The number of rotatable bonds is 12. The lowest BCUT2D eigenvalue weighted by atomic mass is 9.59. The number of anilines is 4. The SMILES string of the molecule is C=C(C)c1ccccc1[C@@H]1CCCN1C1CC2(CCN(c3ccc(C(=O)NS(=O)(=O)c4cc5c(c([N+](=O)[O-])c4)N[C@@H](COC(C)C)CO5)c(N4CC[C@@H](C(C)(C)C)Oc5nc6[nH]ccc6cc54)c3)CC2)C1. The third-order valence-electron chi connectivity index (χ3n) is 15.4. The molecule has 1 saturated carbocycles. The minimum Gasteiger partial charge on any atom is -0.489 e. The number of carbonyl (C=O) groups is 1. The summed E-state index contributed by atoms with van der Waals surface area (Å²) in [4.78, 5) is 41.3. The summed E-state index contributed by atoms with van der Waals surface area (Å²) in [6.07, 6.45) is 8.90. The lowest BCUT2D eigenvalue weighted by Gasteiger charge is -2.56. The van der Waals surface area contributed by atoms with Crippen LogP contribution in [0.4, 0.5) is 28.4 Å². The number of nitrogens with zero attached hydrogens (tertiary/aromatic N) is 5. The Morgan fingerprint density at radius 2 is 1.79 bits per heavy atom. The zero-order valence-electron chi connectivity index (χ0n) is 41.6. The first kappa shape index (κ1) is 48.5. The van der Waals surface area contributed by atoms with Gasteiger partial charge in [0.25, 0.3) is 21.6 Å². The second-order valence-electron chi connectivity index (χ2n) is 21.7. The van der Waals surface area contributed by atoms with Crippen LogP contribution < -0.4 is 29.3 Å². The molecular formula is C54H66N8O8S. The minimum absolute atomic E-state index is 0.0126. The fourth-order valence-corrected chi connectivity index (χ4v) is 12.6. The van der Waals surface area contributed by atoms with Crippen LogP contribution in [0, 0.1) is 20.9 Å². The lowest BCUT2D eigenvalue weighted by Crippen LogP contribution is -2.54. The van der Waals surface area contributed by atoms with Gasteiger partial charge >= 0.3 is 0 Å². The first-order chi connectivity index (χ1) is 33.9. The summed E-state index contributed by atoms with van der Waals surface area (Å²) in [6.45, 7) is 20.1. The normalized spacial score (nSPS) is 21.4. The van der Waals surface area contributed by atoms with E-state index in [0.717, 1.165) is 55.2 Å². The molecular weight excluding hydrogens is 921 g/mol. The molecule has 3 fully saturated rings. The number of aromatic nitrogens is 2. The Morgan fingerprint density at radius 3 is 2.52 bits per heavy atom. The van der Waals surface area contributed by atoms with Crippen molar-refractivity contribution in [1.29, 1.82) is 0 Å². The van der Waals surface area contributed by atoms with Crippen molar-refractivity contribution in [3.63, 3.8) is 0 Å². The number of fused-ring (bicyclic) bond motifs is 3. The van der Waals surface area contributed by atoms with Crippen LogP contribution in [0.1, 0.15) is 114 Å². The number of nitro groups is 1. The second kappa shape index (κ2) is 18.8. The molecule has 71 heavy (non-hydrogen) atoms. The predicted octanol–water partition coefficient (Wildman–Crippen LogP) is 10.1. The van der Waals surface area contributed by atoms with Gasteiger partial charge in [0.05, 0.1) is 39.8 Å². The predicted molar refractivity (Wildman–Crippen MR) is 277 cm³/mol. The maximum absolute atomic E-state index is 14.7. The smallest absolute Gasteiger partial charge is 0.297 e. The number of H-pyrrole nitrogens is 1. The summed E-state index contributed by atoms with van der Waals surface area (Å²) in [5.41, 5.74) is 6.15. The van der Waals surface area contributed by atoms with E-state index < -0.39 is 37.5 Å². The number of likely N-dealkylation sites (tertiary alicyclic amines) is 1. The maximum Gasteiger partial charge on any atom is 0.297 e. The summed E-state index contributed by atoms with van der Waals surface area (Å²) in [5.74, 6) is -0.505. The number of aromatic amines is 1. The van der Waals surface area contributed by atoms with Crippen molar-refractivity contribution in [3.05, 3.63) is 106 Å². The van der Waals surface area contributed by atoms with E-state index in [1.54, 1.807) is 6.07 Å². The number of carbonyl (C=O) groups excluding carboxylic acids is 1. The summed E-state index contributed by atoms with van der Waals surface area (Å²) < 4.78 is 49.1. The molecule has 17 heteroatoms. The van der Waals surface area contributed by atoms with Crippen molar-refractivity contribution >= 4 is 61.0 Å². The Hall–Kier alpha value is -6.17. The molecule has 1 aliphatic carbocycles. The fourth-order valence-electron chi connectivity index (χ4n) is 11.5. The summed E-state index contributed by atoms with van der Waals surface area (Å²) in [6, 6.07) is 21.0. The van der Waals surface area contributed by atoms with E-state index in [2.05, 4.69) is 83.4 Å². The number of ether oxygens (including phenoxy) is 3. The van der Waals surface area contributed by atoms with Crippen LogP contribution in [0.25, 0.3) is 16.6 Å². The maximum atomic E-state index is 14.7. The zero-order valence-corrected chi connectivity index (χ0v) is 42.4. The Morgan fingerprint density at radius 1 is 1.01 bits per heavy atom. The number of sulfonamides is 1. The van der Waals surface area contributed by atoms with E-state index >= 15 is 0 Å². The van der Waals surface area contributed by atoms with Crippen molar-refractivity contribution < 1.29 is 32.3 Å². The summed E-state index contributed by atoms with van der Waals surface area (Å²) >= 11 is 0. The van der Waals surface area contributed by atoms with E-state index in [0.29, 0.717) is 48.0 Å². The first-order valence-electron chi connectivity index (χ1n) is 25.1. The highest BCUT2D eigenvalue weighted by Gasteiger charge is 2.50. The van der Waals surface area contributed by atoms with E-state index in [9.17, 15) is 23.3 Å². The van der Waals surface area contributed by atoms with Crippen LogP contribution >= 0.6 is 0 Å². The van der Waals surface area contributed by atoms with Gasteiger partial charge in [-0.25, -0.2) is 13.1 Å². The number of hydrogen-bond donors (Lipinski definition) is 3. The van der Waals surface area contributed by atoms with Gasteiger partial charge in [0.2, 0.25) is 5.88 Å². The molecule has 5 aromatic rings. The van der Waals surface area contributed by atoms with E-state index in [4.69, 9.17) is 19.2 Å². The van der Waals surface area contributed by atoms with Crippen LogP contribution in [0.3, 0.4) is 0 Å². The molecule has 376 valence electrons. The number of hydrogen-bond acceptors (Lipinski definition) is 13. The molecule has 2 saturated heterocycles. The Balaban J connectivity index is 0.941. The molecule has 1 spiro atoms. The molecule has 0 unspecified atom stereocenters. The van der Waals surface area contributed by atoms with Crippen molar-refractivity contribution in [2.45, 2.75) is 122 Å². The molecule has 5 aliphatic rings. The van der Waals surface area contributed by atoms with Crippen LogP contribution in [0.15, 0.2) is 84.4 Å². The number of amides is 1. The van der Waals surface area contributed by atoms with Crippen LogP contribution in [-0.2, 0) is 14.8 Å². The molecule has 6 heterocycles. The number of benzene rings is 3. The van der Waals surface area contributed by atoms with Crippen molar-refractivity contribution in [3.8, 4) is 11.6 Å². The highest BCUT2D eigenvalue weighted by atomic mass is 32.2. The molecule has 3 atom stereocenters. The fraction of sp³-hybridized carbons (Fsp3) is 0.481. The number of nitro benzene ring substituents is 1. The number of allylic oxidation sites excluding steroid dienone is 1. The van der Waals surface area contributed by atoms with Crippen LogP contribution in [0.5, 0.6) is 11.6 Å². The van der Waals surface area contributed by atoms with Gasteiger partial charge in [0, 0.05) is 67.5 Å². The molecule has 1 amide bonds. The molecule has 16 nitrogen and oxygen atoms in total. The monoisotopic (exact) mass is 986 g/mol. The third-order valence-corrected chi connectivity index (χ3v) is 16.7. The molecule has 0 radical (unpaired) electrons.